The van der Waals surface area contributed by atoms with E-state index in [-0.39, 0.29) is 12.3 Å². The summed E-state index contributed by atoms with van der Waals surface area (Å²) in [6.45, 7) is 4.40. The van der Waals surface area contributed by atoms with Crippen molar-refractivity contribution in [2.24, 2.45) is 0 Å². The second kappa shape index (κ2) is 6.54. The summed E-state index contributed by atoms with van der Waals surface area (Å²) < 4.78 is 0. The van der Waals surface area contributed by atoms with Crippen LogP contribution in [0.15, 0.2) is 24.3 Å². The van der Waals surface area contributed by atoms with Crippen molar-refractivity contribution in [2.75, 3.05) is 11.9 Å². The van der Waals surface area contributed by atoms with Crippen LogP contribution in [-0.2, 0) is 4.79 Å². The molecule has 0 heterocycles. The summed E-state index contributed by atoms with van der Waals surface area (Å²) in [5.74, 6) is -0.111. The van der Waals surface area contributed by atoms with Gasteiger partial charge in [-0.15, -0.1) is 0 Å². The van der Waals surface area contributed by atoms with E-state index in [4.69, 9.17) is 5.26 Å². The highest BCUT2D eigenvalue weighted by atomic mass is 16.1. The minimum Gasteiger partial charge on any atom is -0.369 e. The summed E-state index contributed by atoms with van der Waals surface area (Å²) in [5.41, 5.74) is 1.95. The molecule has 17 heavy (non-hydrogen) atoms. The quantitative estimate of drug-likeness (QED) is 0.812. The second-order valence-corrected chi connectivity index (χ2v) is 3.80. The molecule has 0 radical (unpaired) electrons. The molecule has 1 unspecified atom stereocenters. The fourth-order valence-electron chi connectivity index (χ4n) is 1.51. The number of amides is 1. The van der Waals surface area contributed by atoms with Crippen molar-refractivity contribution in [1.29, 1.82) is 5.26 Å². The van der Waals surface area contributed by atoms with E-state index < -0.39 is 6.04 Å². The lowest BCUT2D eigenvalue weighted by atomic mass is 10.1. The molecular formula is C13H17N3O. The van der Waals surface area contributed by atoms with Crippen LogP contribution in [0.4, 0.5) is 5.69 Å². The normalized spacial score (nSPS) is 11.4. The SMILES string of the molecule is CCNC(=O)CC(C#N)Nc1ccccc1C. The third kappa shape index (κ3) is 4.15. The largest absolute Gasteiger partial charge is 0.369 e. The number of hydrogen-bond acceptors (Lipinski definition) is 3. The van der Waals surface area contributed by atoms with Gasteiger partial charge in [0.25, 0.3) is 0 Å². The van der Waals surface area contributed by atoms with Gasteiger partial charge in [-0.1, -0.05) is 18.2 Å². The standard InChI is InChI=1S/C13H17N3O/c1-3-15-13(17)8-11(9-14)16-12-7-5-4-6-10(12)2/h4-7,11,16H,3,8H2,1-2H3,(H,15,17). The van der Waals surface area contributed by atoms with Crippen molar-refractivity contribution in [1.82, 2.24) is 5.32 Å². The number of hydrogen-bond donors (Lipinski definition) is 2. The Morgan fingerprint density at radius 2 is 2.18 bits per heavy atom. The van der Waals surface area contributed by atoms with Gasteiger partial charge in [0, 0.05) is 12.2 Å². The molecular weight excluding hydrogens is 214 g/mol. The van der Waals surface area contributed by atoms with Gasteiger partial charge in [-0.05, 0) is 25.5 Å². The van der Waals surface area contributed by atoms with E-state index in [1.54, 1.807) is 0 Å². The van der Waals surface area contributed by atoms with Crippen LogP contribution in [-0.4, -0.2) is 18.5 Å². The smallest absolute Gasteiger partial charge is 0.223 e. The molecule has 1 rings (SSSR count). The Balaban J connectivity index is 2.62. The third-order valence-corrected chi connectivity index (χ3v) is 2.39. The summed E-state index contributed by atoms with van der Waals surface area (Å²) in [6, 6.07) is 9.29. The number of rotatable bonds is 5. The predicted octanol–water partition coefficient (Wildman–Crippen LogP) is 1.83. The van der Waals surface area contributed by atoms with E-state index in [1.807, 2.05) is 38.1 Å². The molecule has 0 fully saturated rings. The first-order valence-corrected chi connectivity index (χ1v) is 5.65. The van der Waals surface area contributed by atoms with Crippen LogP contribution in [0.2, 0.25) is 0 Å². The van der Waals surface area contributed by atoms with Crippen molar-refractivity contribution in [3.8, 4) is 6.07 Å². The topological polar surface area (TPSA) is 64.9 Å². The minimum atomic E-state index is -0.498. The van der Waals surface area contributed by atoms with Crippen molar-refractivity contribution < 1.29 is 4.79 Å². The molecule has 1 amide bonds. The predicted molar refractivity (Wildman–Crippen MR) is 67.5 cm³/mol. The van der Waals surface area contributed by atoms with Crippen molar-refractivity contribution in [3.63, 3.8) is 0 Å². The third-order valence-electron chi connectivity index (χ3n) is 2.39. The van der Waals surface area contributed by atoms with Crippen LogP contribution in [0.3, 0.4) is 0 Å². The number of anilines is 1. The second-order valence-electron chi connectivity index (χ2n) is 3.80. The molecule has 90 valence electrons. The number of aryl methyl sites for hydroxylation is 1. The van der Waals surface area contributed by atoms with E-state index >= 15 is 0 Å². The first kappa shape index (κ1) is 13.0. The number of para-hydroxylation sites is 1. The Kier molecular flexibility index (Phi) is 5.02. The number of carbonyl (C=O) groups excluding carboxylic acids is 1. The number of nitriles is 1. The van der Waals surface area contributed by atoms with Gasteiger partial charge in [-0.2, -0.15) is 5.26 Å². The molecule has 1 aromatic rings. The van der Waals surface area contributed by atoms with E-state index in [9.17, 15) is 4.79 Å². The zero-order valence-corrected chi connectivity index (χ0v) is 10.2. The van der Waals surface area contributed by atoms with Crippen LogP contribution < -0.4 is 10.6 Å². The molecule has 1 aromatic carbocycles. The van der Waals surface area contributed by atoms with E-state index in [0.717, 1.165) is 11.3 Å². The molecule has 0 aromatic heterocycles. The maximum absolute atomic E-state index is 11.4. The number of carbonyl (C=O) groups is 1. The van der Waals surface area contributed by atoms with Crippen LogP contribution in [0, 0.1) is 18.3 Å². The maximum atomic E-state index is 11.4. The average Bonchev–Trinajstić information content (AvgIpc) is 2.31. The molecule has 0 saturated carbocycles. The monoisotopic (exact) mass is 231 g/mol. The van der Waals surface area contributed by atoms with E-state index in [0.29, 0.717) is 6.54 Å². The van der Waals surface area contributed by atoms with E-state index in [2.05, 4.69) is 16.7 Å². The molecule has 0 aliphatic rings. The van der Waals surface area contributed by atoms with Gasteiger partial charge in [0.05, 0.1) is 12.5 Å². The molecule has 0 spiro atoms. The molecule has 1 atom stereocenters. The Morgan fingerprint density at radius 1 is 1.47 bits per heavy atom. The van der Waals surface area contributed by atoms with Crippen LogP contribution in [0.25, 0.3) is 0 Å². The highest BCUT2D eigenvalue weighted by Crippen LogP contribution is 2.15. The van der Waals surface area contributed by atoms with Gasteiger partial charge in [-0.3, -0.25) is 4.79 Å². The Morgan fingerprint density at radius 3 is 2.76 bits per heavy atom. The molecule has 0 saturated heterocycles. The van der Waals surface area contributed by atoms with Crippen LogP contribution in [0.5, 0.6) is 0 Å². The maximum Gasteiger partial charge on any atom is 0.223 e. The lowest BCUT2D eigenvalue weighted by molar-refractivity contribution is -0.121. The summed E-state index contributed by atoms with van der Waals surface area (Å²) >= 11 is 0. The van der Waals surface area contributed by atoms with Crippen molar-refractivity contribution in [3.05, 3.63) is 29.8 Å². The molecule has 0 bridgehead atoms. The minimum absolute atomic E-state index is 0.111. The summed E-state index contributed by atoms with van der Waals surface area (Å²) in [5, 5.41) is 14.7. The summed E-state index contributed by atoms with van der Waals surface area (Å²) in [7, 11) is 0. The first-order valence-electron chi connectivity index (χ1n) is 5.65. The zero-order chi connectivity index (χ0) is 12.7. The van der Waals surface area contributed by atoms with Gasteiger partial charge >= 0.3 is 0 Å². The van der Waals surface area contributed by atoms with Gasteiger partial charge < -0.3 is 10.6 Å². The molecule has 4 heteroatoms. The number of nitrogens with one attached hydrogen (secondary N) is 2. The van der Waals surface area contributed by atoms with Crippen molar-refractivity contribution >= 4 is 11.6 Å². The van der Waals surface area contributed by atoms with Gasteiger partial charge in [0.1, 0.15) is 6.04 Å². The average molecular weight is 231 g/mol. The Labute approximate surface area is 102 Å². The summed E-state index contributed by atoms with van der Waals surface area (Å²) in [4.78, 5) is 11.4. The molecule has 4 nitrogen and oxygen atoms in total. The van der Waals surface area contributed by atoms with Crippen molar-refractivity contribution in [2.45, 2.75) is 26.3 Å². The number of benzene rings is 1. The van der Waals surface area contributed by atoms with Gasteiger partial charge in [0.15, 0.2) is 0 Å². The van der Waals surface area contributed by atoms with Gasteiger partial charge in [-0.25, -0.2) is 0 Å². The van der Waals surface area contributed by atoms with Gasteiger partial charge in [0.2, 0.25) is 5.91 Å². The fraction of sp³-hybridized carbons (Fsp3) is 0.385. The highest BCUT2D eigenvalue weighted by molar-refractivity contribution is 5.77. The molecule has 0 aliphatic heterocycles. The zero-order valence-electron chi connectivity index (χ0n) is 10.2. The summed E-state index contributed by atoms with van der Waals surface area (Å²) in [6.07, 6.45) is 0.165. The molecule has 0 aliphatic carbocycles. The fourth-order valence-corrected chi connectivity index (χ4v) is 1.51. The Bertz CT molecular complexity index is 423. The lowest BCUT2D eigenvalue weighted by Gasteiger charge is -2.14. The Hall–Kier alpha value is -2.02. The lowest BCUT2D eigenvalue weighted by Crippen LogP contribution is -2.30. The van der Waals surface area contributed by atoms with Crippen LogP contribution >= 0.6 is 0 Å². The van der Waals surface area contributed by atoms with E-state index in [1.165, 1.54) is 0 Å². The number of nitrogens with zero attached hydrogens (tertiary/aromatic N) is 1. The first-order chi connectivity index (χ1) is 8.17. The molecule has 2 N–H and O–H groups in total. The highest BCUT2D eigenvalue weighted by Gasteiger charge is 2.12. The van der Waals surface area contributed by atoms with Crippen LogP contribution in [0.1, 0.15) is 18.9 Å².